The molecule has 12 heteroatoms. The molecule has 1 aromatic heterocycles. The molecular weight excluding hydrogens is 572 g/mol. The summed E-state index contributed by atoms with van der Waals surface area (Å²) >= 11 is 0. The third kappa shape index (κ3) is 6.12. The lowest BCUT2D eigenvalue weighted by Gasteiger charge is -2.32. The number of methoxy groups -OCH3 is 1. The van der Waals surface area contributed by atoms with E-state index in [2.05, 4.69) is 16.3 Å². The number of likely N-dealkylation sites (tertiary alicyclic amines) is 1. The molecule has 43 heavy (non-hydrogen) atoms. The molecular formula is C31H40N4O7S. The minimum absolute atomic E-state index is 0.105. The van der Waals surface area contributed by atoms with Crippen molar-refractivity contribution in [3.8, 4) is 11.6 Å². The van der Waals surface area contributed by atoms with Gasteiger partial charge in [0.1, 0.15) is 11.9 Å². The van der Waals surface area contributed by atoms with Gasteiger partial charge in [0.05, 0.1) is 36.4 Å². The van der Waals surface area contributed by atoms with Gasteiger partial charge < -0.3 is 20.1 Å². The number of rotatable bonds is 11. The van der Waals surface area contributed by atoms with Crippen LogP contribution in [0.5, 0.6) is 11.6 Å². The zero-order valence-corrected chi connectivity index (χ0v) is 25.9. The van der Waals surface area contributed by atoms with Crippen molar-refractivity contribution in [3.63, 3.8) is 0 Å². The molecule has 3 aliphatic rings. The second-order valence-corrected chi connectivity index (χ2v) is 15.0. The molecule has 232 valence electrons. The number of carbonyl (C=O) groups excluding carboxylic acids is 3. The number of benzene rings is 1. The van der Waals surface area contributed by atoms with Gasteiger partial charge in [-0.1, -0.05) is 26.8 Å². The number of aromatic nitrogens is 1. The van der Waals surface area contributed by atoms with Crippen LogP contribution >= 0.6 is 0 Å². The fraction of sp³-hybridized carbons (Fsp3) is 0.548. The monoisotopic (exact) mass is 612 g/mol. The van der Waals surface area contributed by atoms with E-state index in [1.165, 1.54) is 4.90 Å². The van der Waals surface area contributed by atoms with Gasteiger partial charge in [-0.15, -0.1) is 6.58 Å². The van der Waals surface area contributed by atoms with Gasteiger partial charge in [0, 0.05) is 24.4 Å². The SMILES string of the molecule is C=C[C@@H]1C[C@]1(CC(=O)[C@@H]1CC(Oc2nccc3cc(OC)ccc23)CN1C(=O)[C@@H](N)C(C)(C)C)C(=O)NS(=O)(=O)C1CC1. The predicted molar refractivity (Wildman–Crippen MR) is 161 cm³/mol. The molecule has 1 unspecified atom stereocenters. The van der Waals surface area contributed by atoms with E-state index in [0.29, 0.717) is 30.9 Å². The third-order valence-electron chi connectivity index (χ3n) is 8.89. The zero-order chi connectivity index (χ0) is 31.3. The average molecular weight is 613 g/mol. The zero-order valence-electron chi connectivity index (χ0n) is 25.0. The molecule has 2 heterocycles. The van der Waals surface area contributed by atoms with Crippen LogP contribution in [0.1, 0.15) is 52.9 Å². The number of nitrogens with two attached hydrogens (primary N) is 1. The maximum atomic E-state index is 14.0. The van der Waals surface area contributed by atoms with Gasteiger partial charge in [0.15, 0.2) is 5.78 Å². The molecule has 5 rings (SSSR count). The van der Waals surface area contributed by atoms with Gasteiger partial charge in [0.25, 0.3) is 0 Å². The lowest BCUT2D eigenvalue weighted by molar-refractivity contribution is -0.141. The molecule has 2 aromatic rings. The molecule has 2 aliphatic carbocycles. The van der Waals surface area contributed by atoms with Crippen LogP contribution < -0.4 is 19.9 Å². The van der Waals surface area contributed by atoms with E-state index in [1.54, 1.807) is 25.4 Å². The van der Waals surface area contributed by atoms with Crippen molar-refractivity contribution in [2.45, 2.75) is 76.3 Å². The predicted octanol–water partition coefficient (Wildman–Crippen LogP) is 2.73. The molecule has 1 aliphatic heterocycles. The Hall–Kier alpha value is -3.51. The van der Waals surface area contributed by atoms with Gasteiger partial charge in [-0.2, -0.15) is 0 Å². The highest BCUT2D eigenvalue weighted by Crippen LogP contribution is 2.57. The summed E-state index contributed by atoms with van der Waals surface area (Å²) in [5.74, 6) is -0.732. The minimum atomic E-state index is -3.79. The number of pyridine rings is 1. The number of carbonyl (C=O) groups is 3. The van der Waals surface area contributed by atoms with E-state index in [9.17, 15) is 22.8 Å². The van der Waals surface area contributed by atoms with E-state index in [1.807, 2.05) is 39.0 Å². The smallest absolute Gasteiger partial charge is 0.240 e. The molecule has 1 saturated heterocycles. The fourth-order valence-electron chi connectivity index (χ4n) is 5.80. The van der Waals surface area contributed by atoms with Crippen molar-refractivity contribution in [2.75, 3.05) is 13.7 Å². The second-order valence-electron chi connectivity index (χ2n) is 13.0. The van der Waals surface area contributed by atoms with Crippen molar-refractivity contribution >= 4 is 38.4 Å². The number of sulfonamides is 1. The number of ether oxygens (including phenoxy) is 2. The summed E-state index contributed by atoms with van der Waals surface area (Å²) in [6.07, 6.45) is 3.89. The number of hydrogen-bond acceptors (Lipinski definition) is 9. The number of hydrogen-bond donors (Lipinski definition) is 2. The topological polar surface area (TPSA) is 158 Å². The van der Waals surface area contributed by atoms with Crippen LogP contribution in [-0.2, 0) is 24.4 Å². The first kappa shape index (κ1) is 30.9. The molecule has 2 amide bonds. The first-order valence-electron chi connectivity index (χ1n) is 14.6. The Morgan fingerprint density at radius 3 is 2.58 bits per heavy atom. The maximum absolute atomic E-state index is 14.0. The van der Waals surface area contributed by atoms with Crippen LogP contribution in [0.3, 0.4) is 0 Å². The quantitative estimate of drug-likeness (QED) is 0.364. The number of ketones is 1. The molecule has 11 nitrogen and oxygen atoms in total. The minimum Gasteiger partial charge on any atom is -0.497 e. The number of amides is 2. The van der Waals surface area contributed by atoms with E-state index < -0.39 is 56.1 Å². The van der Waals surface area contributed by atoms with Gasteiger partial charge in [0.2, 0.25) is 27.7 Å². The Morgan fingerprint density at radius 1 is 1.26 bits per heavy atom. The number of nitrogens with one attached hydrogen (secondary N) is 1. The van der Waals surface area contributed by atoms with Crippen LogP contribution in [0.2, 0.25) is 0 Å². The highest BCUT2D eigenvalue weighted by Gasteiger charge is 2.61. The molecule has 3 fully saturated rings. The van der Waals surface area contributed by atoms with Crippen LogP contribution in [0.4, 0.5) is 0 Å². The Labute approximate surface area is 252 Å². The van der Waals surface area contributed by atoms with Crippen molar-refractivity contribution in [1.82, 2.24) is 14.6 Å². The standard InChI is InChI=1S/C31H40N4O7S/c1-6-19-15-31(19,29(38)34-43(39,40)22-8-9-22)16-25(36)24-14-21(17-35(24)28(37)26(32)30(2,3)4)42-27-23-10-7-20(41-5)13-18(23)11-12-33-27/h6-7,10-13,19,21-22,24,26H,1,8-9,14-17,32H2,2-5H3,(H,34,38)/t19-,21?,24+,26-,31-/m1/s1. The first-order chi connectivity index (χ1) is 20.2. The second kappa shape index (κ2) is 11.2. The summed E-state index contributed by atoms with van der Waals surface area (Å²) in [7, 11) is -2.21. The maximum Gasteiger partial charge on any atom is 0.240 e. The summed E-state index contributed by atoms with van der Waals surface area (Å²) < 4.78 is 38.9. The molecule has 0 bridgehead atoms. The van der Waals surface area contributed by atoms with Gasteiger partial charge in [-0.05, 0) is 60.2 Å². The Bertz CT molecular complexity index is 1570. The molecule has 0 spiro atoms. The Kier molecular flexibility index (Phi) is 8.06. The van der Waals surface area contributed by atoms with Gasteiger partial charge >= 0.3 is 0 Å². The van der Waals surface area contributed by atoms with Crippen LogP contribution in [0.15, 0.2) is 43.1 Å². The van der Waals surface area contributed by atoms with E-state index in [0.717, 1.165) is 10.8 Å². The third-order valence-corrected chi connectivity index (χ3v) is 10.7. The largest absolute Gasteiger partial charge is 0.497 e. The summed E-state index contributed by atoms with van der Waals surface area (Å²) in [6.45, 7) is 9.44. The normalized spacial score (nSPS) is 26.1. The van der Waals surface area contributed by atoms with Gasteiger partial charge in [-0.3, -0.25) is 19.1 Å². The van der Waals surface area contributed by atoms with Crippen LogP contribution in [-0.4, -0.2) is 73.0 Å². The lowest BCUT2D eigenvalue weighted by Crippen LogP contribution is -2.53. The molecule has 1 aromatic carbocycles. The number of nitrogens with zero attached hydrogens (tertiary/aromatic N) is 2. The van der Waals surface area contributed by atoms with Crippen molar-refractivity contribution in [2.24, 2.45) is 22.5 Å². The number of fused-ring (bicyclic) bond motifs is 1. The molecule has 3 N–H and O–H groups in total. The van der Waals surface area contributed by atoms with Crippen molar-refractivity contribution in [1.29, 1.82) is 0 Å². The molecule has 2 saturated carbocycles. The summed E-state index contributed by atoms with van der Waals surface area (Å²) in [4.78, 5) is 46.8. The number of Topliss-reactive ketones (excluding diaryl/α,β-unsaturated/α-hetero) is 1. The summed E-state index contributed by atoms with van der Waals surface area (Å²) in [5, 5.41) is 1.03. The van der Waals surface area contributed by atoms with E-state index in [4.69, 9.17) is 15.2 Å². The Morgan fingerprint density at radius 2 is 1.98 bits per heavy atom. The average Bonchev–Trinajstić information content (AvgIpc) is 3.88. The fourth-order valence-corrected chi connectivity index (χ4v) is 7.18. The number of allylic oxidation sites excluding steroid dienone is 1. The van der Waals surface area contributed by atoms with Crippen molar-refractivity contribution < 1.29 is 32.3 Å². The highest BCUT2D eigenvalue weighted by molar-refractivity contribution is 7.90. The van der Waals surface area contributed by atoms with Crippen LogP contribution in [0.25, 0.3) is 10.8 Å². The molecule has 5 atom stereocenters. The van der Waals surface area contributed by atoms with Crippen LogP contribution in [0, 0.1) is 16.7 Å². The molecule has 0 radical (unpaired) electrons. The van der Waals surface area contributed by atoms with E-state index >= 15 is 0 Å². The Balaban J connectivity index is 1.39. The highest BCUT2D eigenvalue weighted by atomic mass is 32.2. The lowest BCUT2D eigenvalue weighted by atomic mass is 9.86. The first-order valence-corrected chi connectivity index (χ1v) is 16.1. The summed E-state index contributed by atoms with van der Waals surface area (Å²) in [6, 6.07) is 5.55. The summed E-state index contributed by atoms with van der Waals surface area (Å²) in [5.41, 5.74) is 4.57. The van der Waals surface area contributed by atoms with Gasteiger partial charge in [-0.25, -0.2) is 13.4 Å². The van der Waals surface area contributed by atoms with E-state index in [-0.39, 0.29) is 31.1 Å². The van der Waals surface area contributed by atoms with Crippen molar-refractivity contribution in [3.05, 3.63) is 43.1 Å².